The molecule has 0 saturated heterocycles. The van der Waals surface area contributed by atoms with Gasteiger partial charge < -0.3 is 16.6 Å². The van der Waals surface area contributed by atoms with Crippen molar-refractivity contribution in [3.63, 3.8) is 0 Å². The number of nitrogens with zero attached hydrogens (tertiary/aromatic N) is 1. The van der Waals surface area contributed by atoms with E-state index in [1.54, 1.807) is 0 Å². The molecular formula is C11H13F2N3O3. The number of rotatable bonds is 6. The van der Waals surface area contributed by atoms with Gasteiger partial charge in [-0.05, 0) is 17.7 Å². The van der Waals surface area contributed by atoms with Gasteiger partial charge in [-0.15, -0.1) is 0 Å². The number of halogens is 2. The maximum Gasteiger partial charge on any atom is 0.231 e. The Kier molecular flexibility index (Phi) is 4.76. The first kappa shape index (κ1) is 14.8. The largest absolute Gasteiger partial charge is 0.503 e. The molecule has 0 aliphatic carbocycles. The predicted molar refractivity (Wildman–Crippen MR) is 61.7 cm³/mol. The van der Waals surface area contributed by atoms with Crippen LogP contribution in [0.2, 0.25) is 0 Å². The topological polar surface area (TPSA) is 110 Å². The molecule has 0 atom stereocenters. The number of phenols is 1. The Bertz CT molecular complexity index is 469. The van der Waals surface area contributed by atoms with Crippen molar-refractivity contribution in [1.29, 1.82) is 0 Å². The highest BCUT2D eigenvalue weighted by Gasteiger charge is 2.15. The van der Waals surface area contributed by atoms with Crippen molar-refractivity contribution in [3.05, 3.63) is 29.3 Å². The summed E-state index contributed by atoms with van der Waals surface area (Å²) in [5, 5.41) is 8.94. The van der Waals surface area contributed by atoms with E-state index < -0.39 is 29.2 Å². The molecule has 2 amide bonds. The van der Waals surface area contributed by atoms with Crippen LogP contribution in [0.1, 0.15) is 5.56 Å². The summed E-state index contributed by atoms with van der Waals surface area (Å²) in [6.45, 7) is -0.680. The van der Waals surface area contributed by atoms with Gasteiger partial charge in [0.2, 0.25) is 11.8 Å². The molecule has 8 heteroatoms. The zero-order valence-corrected chi connectivity index (χ0v) is 9.90. The van der Waals surface area contributed by atoms with Gasteiger partial charge in [-0.2, -0.15) is 0 Å². The van der Waals surface area contributed by atoms with Gasteiger partial charge in [0.15, 0.2) is 17.4 Å². The second-order valence-electron chi connectivity index (χ2n) is 3.99. The van der Waals surface area contributed by atoms with Gasteiger partial charge in [0.25, 0.3) is 0 Å². The van der Waals surface area contributed by atoms with Crippen molar-refractivity contribution in [2.45, 2.75) is 6.54 Å². The average Bonchev–Trinajstić information content (AvgIpc) is 2.23. The molecule has 5 N–H and O–H groups in total. The van der Waals surface area contributed by atoms with Gasteiger partial charge in [0.1, 0.15) is 0 Å². The average molecular weight is 273 g/mol. The Labute approximate surface area is 107 Å². The van der Waals surface area contributed by atoms with Gasteiger partial charge in [0.05, 0.1) is 13.1 Å². The molecule has 1 aromatic rings. The van der Waals surface area contributed by atoms with Crippen LogP contribution in [0, 0.1) is 11.6 Å². The zero-order valence-electron chi connectivity index (χ0n) is 9.90. The predicted octanol–water partition coefficient (Wildman–Crippen LogP) is -0.557. The van der Waals surface area contributed by atoms with E-state index >= 15 is 0 Å². The van der Waals surface area contributed by atoms with E-state index in [1.165, 1.54) is 4.90 Å². The molecule has 19 heavy (non-hydrogen) atoms. The Balaban J connectivity index is 2.89. The standard InChI is InChI=1S/C11H13F2N3O3/c12-7-1-6(2-8(13)11(7)19)3-16(4-9(14)17)5-10(15)18/h1-2,19H,3-5H2,(H2,14,17)(H2,15,18). The van der Waals surface area contributed by atoms with Crippen LogP contribution in [0.15, 0.2) is 12.1 Å². The summed E-state index contributed by atoms with van der Waals surface area (Å²) < 4.78 is 26.2. The maximum absolute atomic E-state index is 13.1. The molecule has 0 spiro atoms. The highest BCUT2D eigenvalue weighted by atomic mass is 19.1. The van der Waals surface area contributed by atoms with Crippen molar-refractivity contribution in [2.24, 2.45) is 11.5 Å². The van der Waals surface area contributed by atoms with Gasteiger partial charge >= 0.3 is 0 Å². The van der Waals surface area contributed by atoms with Gasteiger partial charge in [-0.1, -0.05) is 0 Å². The summed E-state index contributed by atoms with van der Waals surface area (Å²) in [5.74, 6) is -4.76. The third-order valence-electron chi connectivity index (χ3n) is 2.24. The molecule has 0 radical (unpaired) electrons. The van der Waals surface area contributed by atoms with Gasteiger partial charge in [0, 0.05) is 6.54 Å². The van der Waals surface area contributed by atoms with E-state index in [2.05, 4.69) is 0 Å². The summed E-state index contributed by atoms with van der Waals surface area (Å²) in [6.07, 6.45) is 0. The Morgan fingerprint density at radius 3 is 1.89 bits per heavy atom. The van der Waals surface area contributed by atoms with E-state index in [0.29, 0.717) is 0 Å². The molecule has 104 valence electrons. The van der Waals surface area contributed by atoms with Gasteiger partial charge in [-0.3, -0.25) is 14.5 Å². The maximum atomic E-state index is 13.1. The second kappa shape index (κ2) is 6.10. The van der Waals surface area contributed by atoms with Crippen molar-refractivity contribution < 1.29 is 23.5 Å². The fraction of sp³-hybridized carbons (Fsp3) is 0.273. The highest BCUT2D eigenvalue weighted by Crippen LogP contribution is 2.22. The SMILES string of the molecule is NC(=O)CN(CC(N)=O)Cc1cc(F)c(O)c(F)c1. The smallest absolute Gasteiger partial charge is 0.231 e. The minimum absolute atomic E-state index is 0.111. The number of carbonyl (C=O) groups excluding carboxylic acids is 2. The molecule has 0 heterocycles. The monoisotopic (exact) mass is 273 g/mol. The lowest BCUT2D eigenvalue weighted by Gasteiger charge is -2.19. The number of amides is 2. The lowest BCUT2D eigenvalue weighted by Crippen LogP contribution is -2.39. The Morgan fingerprint density at radius 2 is 1.53 bits per heavy atom. The molecule has 0 unspecified atom stereocenters. The highest BCUT2D eigenvalue weighted by molar-refractivity contribution is 5.79. The number of benzene rings is 1. The molecular weight excluding hydrogens is 260 g/mol. The van der Waals surface area contributed by atoms with Crippen LogP contribution in [0.5, 0.6) is 5.75 Å². The minimum Gasteiger partial charge on any atom is -0.503 e. The van der Waals surface area contributed by atoms with E-state index in [0.717, 1.165) is 12.1 Å². The lowest BCUT2D eigenvalue weighted by atomic mass is 10.2. The van der Waals surface area contributed by atoms with Crippen LogP contribution < -0.4 is 11.5 Å². The van der Waals surface area contributed by atoms with E-state index in [4.69, 9.17) is 16.6 Å². The third kappa shape index (κ3) is 4.51. The van der Waals surface area contributed by atoms with Crippen LogP contribution in [-0.2, 0) is 16.1 Å². The number of nitrogens with two attached hydrogens (primary N) is 2. The number of aromatic hydroxyl groups is 1. The van der Waals surface area contributed by atoms with Crippen molar-refractivity contribution in [1.82, 2.24) is 4.90 Å². The molecule has 0 aliphatic heterocycles. The molecule has 1 aromatic carbocycles. The number of primary amides is 2. The van der Waals surface area contributed by atoms with Crippen LogP contribution >= 0.6 is 0 Å². The Morgan fingerprint density at radius 1 is 1.11 bits per heavy atom. The molecule has 0 bridgehead atoms. The fourth-order valence-electron chi connectivity index (χ4n) is 1.58. The first-order valence-corrected chi connectivity index (χ1v) is 5.25. The van der Waals surface area contributed by atoms with Crippen LogP contribution in [0.25, 0.3) is 0 Å². The van der Waals surface area contributed by atoms with Crippen LogP contribution in [0.3, 0.4) is 0 Å². The quantitative estimate of drug-likeness (QED) is 0.645. The summed E-state index contributed by atoms with van der Waals surface area (Å²) in [6, 6.07) is 1.79. The molecule has 0 aliphatic rings. The van der Waals surface area contributed by atoms with E-state index in [9.17, 15) is 18.4 Å². The van der Waals surface area contributed by atoms with Crippen LogP contribution in [-0.4, -0.2) is 34.9 Å². The van der Waals surface area contributed by atoms with Crippen LogP contribution in [0.4, 0.5) is 8.78 Å². The number of phenolic OH excluding ortho intramolecular Hbond substituents is 1. The molecule has 6 nitrogen and oxygen atoms in total. The second-order valence-corrected chi connectivity index (χ2v) is 3.99. The van der Waals surface area contributed by atoms with Crippen molar-refractivity contribution >= 4 is 11.8 Å². The molecule has 0 fully saturated rings. The van der Waals surface area contributed by atoms with E-state index in [1.807, 2.05) is 0 Å². The summed E-state index contributed by atoms with van der Waals surface area (Å²) in [7, 11) is 0. The Hall–Kier alpha value is -2.22. The first-order chi connectivity index (χ1) is 8.79. The van der Waals surface area contributed by atoms with Gasteiger partial charge in [-0.25, -0.2) is 8.78 Å². The summed E-state index contributed by atoms with van der Waals surface area (Å²) >= 11 is 0. The summed E-state index contributed by atoms with van der Waals surface area (Å²) in [4.78, 5) is 22.9. The molecule has 1 rings (SSSR count). The normalized spacial score (nSPS) is 10.7. The van der Waals surface area contributed by atoms with E-state index in [-0.39, 0.29) is 25.2 Å². The molecule has 0 saturated carbocycles. The number of hydrogen-bond donors (Lipinski definition) is 3. The number of hydrogen-bond acceptors (Lipinski definition) is 4. The minimum atomic E-state index is -1.13. The lowest BCUT2D eigenvalue weighted by molar-refractivity contribution is -0.122. The van der Waals surface area contributed by atoms with Crippen molar-refractivity contribution in [3.8, 4) is 5.75 Å². The zero-order chi connectivity index (χ0) is 14.6. The summed E-state index contributed by atoms with van der Waals surface area (Å²) in [5.41, 5.74) is 10.1. The third-order valence-corrected chi connectivity index (χ3v) is 2.24. The number of carbonyl (C=O) groups is 2. The molecule has 0 aromatic heterocycles. The fourth-order valence-corrected chi connectivity index (χ4v) is 1.58. The van der Waals surface area contributed by atoms with Crippen molar-refractivity contribution in [2.75, 3.05) is 13.1 Å². The first-order valence-electron chi connectivity index (χ1n) is 5.25.